The Bertz CT molecular complexity index is 1150. The number of benzene rings is 3. The zero-order chi connectivity index (χ0) is 20.1. The first-order valence-electron chi connectivity index (χ1n) is 9.07. The molecular weight excluding hydrogens is 382 g/mol. The van der Waals surface area contributed by atoms with Crippen LogP contribution in [0.3, 0.4) is 0 Å². The third-order valence-electron chi connectivity index (χ3n) is 4.30. The third kappa shape index (κ3) is 4.77. The molecule has 0 saturated carbocycles. The first-order valence-corrected chi connectivity index (χ1v) is 9.48. The van der Waals surface area contributed by atoms with Crippen molar-refractivity contribution in [2.45, 2.75) is 6.54 Å². The molecule has 6 nitrogen and oxygen atoms in total. The van der Waals surface area contributed by atoms with Crippen LogP contribution in [-0.4, -0.2) is 20.2 Å². The molecule has 144 valence electrons. The Morgan fingerprint density at radius 2 is 1.76 bits per heavy atom. The van der Waals surface area contributed by atoms with Crippen molar-refractivity contribution in [3.8, 4) is 5.75 Å². The number of hydrogen-bond acceptors (Lipinski definition) is 5. The first-order chi connectivity index (χ1) is 14.2. The van der Waals surface area contributed by atoms with E-state index < -0.39 is 0 Å². The van der Waals surface area contributed by atoms with Gasteiger partial charge in [-0.15, -0.1) is 0 Å². The second-order valence-corrected chi connectivity index (χ2v) is 6.83. The van der Waals surface area contributed by atoms with Crippen molar-refractivity contribution in [1.82, 2.24) is 15.3 Å². The zero-order valence-corrected chi connectivity index (χ0v) is 16.3. The number of aromatic nitrogens is 2. The lowest BCUT2D eigenvalue weighted by Crippen LogP contribution is -2.27. The Hall–Kier alpha value is -3.71. The standard InChI is InChI=1S/C22H19N5OS/c28-18-8-4-7-16(11-18)26-21-19-12-17(9-10-20(19)24-14-25-21)27-22(29)23-13-15-5-2-1-3-6-15/h1-12,14,28H,13H2,(H2,23,27,29)(H,24,25,26). The molecule has 7 heteroatoms. The quantitative estimate of drug-likeness (QED) is 0.365. The van der Waals surface area contributed by atoms with Gasteiger partial charge in [0.05, 0.1) is 5.52 Å². The highest BCUT2D eigenvalue weighted by molar-refractivity contribution is 7.80. The van der Waals surface area contributed by atoms with Gasteiger partial charge in [0.15, 0.2) is 5.11 Å². The number of phenols is 1. The summed E-state index contributed by atoms with van der Waals surface area (Å²) in [5, 5.41) is 20.7. The molecule has 0 fully saturated rings. The topological polar surface area (TPSA) is 82.1 Å². The molecule has 0 atom stereocenters. The van der Waals surface area contributed by atoms with E-state index in [2.05, 4.69) is 25.9 Å². The minimum absolute atomic E-state index is 0.186. The van der Waals surface area contributed by atoms with Crippen molar-refractivity contribution in [3.05, 3.63) is 84.7 Å². The van der Waals surface area contributed by atoms with Crippen molar-refractivity contribution in [2.75, 3.05) is 10.6 Å². The van der Waals surface area contributed by atoms with Crippen LogP contribution in [0.5, 0.6) is 5.75 Å². The van der Waals surface area contributed by atoms with Crippen LogP contribution in [0.4, 0.5) is 17.2 Å². The van der Waals surface area contributed by atoms with Gasteiger partial charge in [-0.05, 0) is 48.1 Å². The first kappa shape index (κ1) is 18.6. The van der Waals surface area contributed by atoms with Crippen molar-refractivity contribution in [3.63, 3.8) is 0 Å². The van der Waals surface area contributed by atoms with E-state index in [4.69, 9.17) is 12.2 Å². The number of hydrogen-bond donors (Lipinski definition) is 4. The van der Waals surface area contributed by atoms with Crippen molar-refractivity contribution >= 4 is 45.4 Å². The van der Waals surface area contributed by atoms with E-state index in [-0.39, 0.29) is 5.75 Å². The van der Waals surface area contributed by atoms with E-state index in [1.165, 1.54) is 6.33 Å². The van der Waals surface area contributed by atoms with Crippen LogP contribution >= 0.6 is 12.2 Å². The molecule has 4 rings (SSSR count). The van der Waals surface area contributed by atoms with Gasteiger partial charge in [0, 0.05) is 29.4 Å². The van der Waals surface area contributed by atoms with E-state index in [1.54, 1.807) is 18.2 Å². The maximum Gasteiger partial charge on any atom is 0.171 e. The van der Waals surface area contributed by atoms with Gasteiger partial charge in [-0.25, -0.2) is 9.97 Å². The number of fused-ring (bicyclic) bond motifs is 1. The second kappa shape index (κ2) is 8.53. The lowest BCUT2D eigenvalue weighted by Gasteiger charge is -2.13. The molecule has 0 bridgehead atoms. The Labute approximate surface area is 173 Å². The van der Waals surface area contributed by atoms with E-state index in [0.29, 0.717) is 17.5 Å². The number of phenolic OH excluding ortho intramolecular Hbond substituents is 1. The number of anilines is 3. The summed E-state index contributed by atoms with van der Waals surface area (Å²) in [6, 6.07) is 22.7. The average Bonchev–Trinajstić information content (AvgIpc) is 2.73. The van der Waals surface area contributed by atoms with Crippen LogP contribution in [0.15, 0.2) is 79.1 Å². The summed E-state index contributed by atoms with van der Waals surface area (Å²) >= 11 is 5.41. The molecular formula is C22H19N5OS. The van der Waals surface area contributed by atoms with Crippen LogP contribution in [0, 0.1) is 0 Å². The Balaban J connectivity index is 1.51. The largest absolute Gasteiger partial charge is 0.508 e. The predicted molar refractivity (Wildman–Crippen MR) is 120 cm³/mol. The molecule has 3 aromatic carbocycles. The van der Waals surface area contributed by atoms with Gasteiger partial charge in [-0.2, -0.15) is 0 Å². The second-order valence-electron chi connectivity index (χ2n) is 6.42. The van der Waals surface area contributed by atoms with Gasteiger partial charge in [0.1, 0.15) is 17.9 Å². The van der Waals surface area contributed by atoms with Crippen molar-refractivity contribution < 1.29 is 5.11 Å². The molecule has 4 aromatic rings. The van der Waals surface area contributed by atoms with E-state index in [0.717, 1.165) is 27.8 Å². The van der Waals surface area contributed by atoms with Gasteiger partial charge in [-0.3, -0.25) is 0 Å². The highest BCUT2D eigenvalue weighted by Crippen LogP contribution is 2.27. The van der Waals surface area contributed by atoms with E-state index in [1.807, 2.05) is 54.6 Å². The molecule has 0 saturated heterocycles. The monoisotopic (exact) mass is 401 g/mol. The van der Waals surface area contributed by atoms with Crippen LogP contribution < -0.4 is 16.0 Å². The maximum atomic E-state index is 9.68. The summed E-state index contributed by atoms with van der Waals surface area (Å²) in [4.78, 5) is 8.67. The molecule has 0 unspecified atom stereocenters. The summed E-state index contributed by atoms with van der Waals surface area (Å²) < 4.78 is 0. The number of rotatable bonds is 5. The van der Waals surface area contributed by atoms with Crippen molar-refractivity contribution in [2.24, 2.45) is 0 Å². The lowest BCUT2D eigenvalue weighted by atomic mass is 10.2. The Morgan fingerprint density at radius 3 is 2.59 bits per heavy atom. The molecule has 1 heterocycles. The van der Waals surface area contributed by atoms with Crippen LogP contribution in [0.1, 0.15) is 5.56 Å². The summed E-state index contributed by atoms with van der Waals surface area (Å²) in [6.07, 6.45) is 1.51. The molecule has 29 heavy (non-hydrogen) atoms. The molecule has 1 aromatic heterocycles. The Kier molecular flexibility index (Phi) is 5.49. The zero-order valence-electron chi connectivity index (χ0n) is 15.5. The molecule has 0 amide bonds. The van der Waals surface area contributed by atoms with Gasteiger partial charge >= 0.3 is 0 Å². The molecule has 4 N–H and O–H groups in total. The lowest BCUT2D eigenvalue weighted by molar-refractivity contribution is 0.475. The minimum atomic E-state index is 0.186. The average molecular weight is 401 g/mol. The molecule has 0 radical (unpaired) electrons. The Morgan fingerprint density at radius 1 is 0.897 bits per heavy atom. The molecule has 0 spiro atoms. The van der Waals surface area contributed by atoms with Crippen molar-refractivity contribution in [1.29, 1.82) is 0 Å². The van der Waals surface area contributed by atoms with Crippen LogP contribution in [0.2, 0.25) is 0 Å². The number of nitrogens with zero attached hydrogens (tertiary/aromatic N) is 2. The fraction of sp³-hybridized carbons (Fsp3) is 0.0455. The minimum Gasteiger partial charge on any atom is -0.508 e. The van der Waals surface area contributed by atoms with Gasteiger partial charge in [0.2, 0.25) is 0 Å². The summed E-state index contributed by atoms with van der Waals surface area (Å²) in [5.74, 6) is 0.831. The highest BCUT2D eigenvalue weighted by Gasteiger charge is 2.07. The van der Waals surface area contributed by atoms with E-state index >= 15 is 0 Å². The number of thiocarbonyl (C=S) groups is 1. The normalized spacial score (nSPS) is 10.5. The third-order valence-corrected chi connectivity index (χ3v) is 4.54. The smallest absolute Gasteiger partial charge is 0.171 e. The van der Waals surface area contributed by atoms with Crippen LogP contribution in [-0.2, 0) is 6.54 Å². The van der Waals surface area contributed by atoms with E-state index in [9.17, 15) is 5.11 Å². The van der Waals surface area contributed by atoms with Gasteiger partial charge < -0.3 is 21.1 Å². The van der Waals surface area contributed by atoms with Gasteiger partial charge in [-0.1, -0.05) is 36.4 Å². The number of nitrogens with one attached hydrogen (secondary N) is 3. The fourth-order valence-corrected chi connectivity index (χ4v) is 3.10. The summed E-state index contributed by atoms with van der Waals surface area (Å²) in [6.45, 7) is 0.646. The fourth-order valence-electron chi connectivity index (χ4n) is 2.91. The highest BCUT2D eigenvalue weighted by atomic mass is 32.1. The number of aromatic hydroxyl groups is 1. The molecule has 0 aliphatic rings. The van der Waals surface area contributed by atoms with Crippen LogP contribution in [0.25, 0.3) is 10.9 Å². The molecule has 0 aliphatic heterocycles. The summed E-state index contributed by atoms with van der Waals surface area (Å²) in [7, 11) is 0. The SMILES string of the molecule is Oc1cccc(Nc2ncnc3ccc(NC(=S)NCc4ccccc4)cc23)c1. The predicted octanol–water partition coefficient (Wildman–Crippen LogP) is 4.57. The maximum absolute atomic E-state index is 9.68. The summed E-state index contributed by atoms with van der Waals surface area (Å²) in [5.41, 5.74) is 3.53. The molecule has 0 aliphatic carbocycles. The van der Waals surface area contributed by atoms with Gasteiger partial charge in [0.25, 0.3) is 0 Å².